The Morgan fingerprint density at radius 1 is 1.04 bits per heavy atom. The number of nitrogens with two attached hydrogens (primary N) is 1. The molecule has 1 aromatic heterocycles. The third-order valence-electron chi connectivity index (χ3n) is 10.3. The molecule has 1 aliphatic heterocycles. The van der Waals surface area contributed by atoms with Gasteiger partial charge in [0.15, 0.2) is 0 Å². The molecule has 1 unspecified atom stereocenters. The Morgan fingerprint density at radius 3 is 2.36 bits per heavy atom. The fourth-order valence-electron chi connectivity index (χ4n) is 6.84. The Labute approximate surface area is 332 Å². The number of hydrogen-bond donors (Lipinski definition) is 4. The summed E-state index contributed by atoms with van der Waals surface area (Å²) in [5.41, 5.74) is 7.74. The Bertz CT molecular complexity index is 1480. The molecule has 13 nitrogen and oxygen atoms in total. The average Bonchev–Trinajstić information content (AvgIpc) is 3.67. The zero-order valence-corrected chi connectivity index (χ0v) is 35.0. The maximum atomic E-state index is 14.6. The van der Waals surface area contributed by atoms with Crippen LogP contribution in [0.25, 0.3) is 0 Å². The largest absolute Gasteiger partial charge is 0.466 e. The third-order valence-corrected chi connectivity index (χ3v) is 11.3. The monoisotopic (exact) mass is 786 g/mol. The molecule has 3 rings (SSSR count). The van der Waals surface area contributed by atoms with Crippen LogP contribution in [-0.4, -0.2) is 91.3 Å². The topological polar surface area (TPSA) is 174 Å². The van der Waals surface area contributed by atoms with Gasteiger partial charge in [0.2, 0.25) is 11.8 Å². The first-order valence-electron chi connectivity index (χ1n) is 20.0. The standard InChI is InChI=1S/C41H66N6O7S/c1-9-20-53-25-47(40(50)36(27(6)10-2)46-37(48)32-14-12-13-19-43-32)34(26(4)5)23-35(52-8)39-45-33(24-55-39)38(49)44-31(21-28(7)41(51)54-11-3)22-29-15-17-30(42)18-16-29/h15-18,24,26-28,31-32,34-36,43H,9-14,19-23,25,42H2,1-8H3,(H,44,49)(H,46,48)/t27-,28?,31+,32+,34+,35+,36-/m0/s1. The molecule has 1 fully saturated rings. The second-order valence-electron chi connectivity index (χ2n) is 15.1. The van der Waals surface area contributed by atoms with E-state index >= 15 is 0 Å². The highest BCUT2D eigenvalue weighted by Gasteiger charge is 2.38. The van der Waals surface area contributed by atoms with Gasteiger partial charge in [-0.2, -0.15) is 0 Å². The number of ether oxygens (including phenoxy) is 3. The van der Waals surface area contributed by atoms with Crippen molar-refractivity contribution >= 4 is 40.7 Å². The van der Waals surface area contributed by atoms with Gasteiger partial charge >= 0.3 is 5.97 Å². The van der Waals surface area contributed by atoms with Crippen LogP contribution in [0.15, 0.2) is 29.6 Å². The minimum atomic E-state index is -0.725. The lowest BCUT2D eigenvalue weighted by Crippen LogP contribution is -2.59. The summed E-state index contributed by atoms with van der Waals surface area (Å²) in [4.78, 5) is 60.7. The molecule has 2 heterocycles. The number of aromatic nitrogens is 1. The van der Waals surface area contributed by atoms with Crippen LogP contribution in [0.3, 0.4) is 0 Å². The number of nitrogen functional groups attached to an aromatic ring is 1. The number of methoxy groups -OCH3 is 1. The normalized spacial score (nSPS) is 17.7. The van der Waals surface area contributed by atoms with Gasteiger partial charge in [0.05, 0.1) is 18.6 Å². The number of nitrogens with one attached hydrogen (secondary N) is 3. The molecule has 55 heavy (non-hydrogen) atoms. The Balaban J connectivity index is 1.84. The summed E-state index contributed by atoms with van der Waals surface area (Å²) in [5, 5.41) is 11.8. The van der Waals surface area contributed by atoms with Crippen LogP contribution in [0.2, 0.25) is 0 Å². The minimum Gasteiger partial charge on any atom is -0.466 e. The van der Waals surface area contributed by atoms with Crippen molar-refractivity contribution in [1.29, 1.82) is 0 Å². The maximum Gasteiger partial charge on any atom is 0.308 e. The van der Waals surface area contributed by atoms with Gasteiger partial charge in [0, 0.05) is 43.3 Å². The predicted molar refractivity (Wildman–Crippen MR) is 216 cm³/mol. The molecule has 0 spiro atoms. The van der Waals surface area contributed by atoms with Gasteiger partial charge in [-0.15, -0.1) is 11.3 Å². The van der Waals surface area contributed by atoms with E-state index in [2.05, 4.69) is 29.8 Å². The van der Waals surface area contributed by atoms with E-state index in [1.165, 1.54) is 11.3 Å². The van der Waals surface area contributed by atoms with Crippen molar-refractivity contribution in [3.05, 3.63) is 45.9 Å². The van der Waals surface area contributed by atoms with Crippen molar-refractivity contribution in [2.24, 2.45) is 17.8 Å². The van der Waals surface area contributed by atoms with Gasteiger partial charge in [-0.05, 0) is 75.1 Å². The van der Waals surface area contributed by atoms with Gasteiger partial charge in [0.25, 0.3) is 5.91 Å². The summed E-state index contributed by atoms with van der Waals surface area (Å²) >= 11 is 1.32. The molecule has 1 saturated heterocycles. The van der Waals surface area contributed by atoms with E-state index < -0.39 is 18.1 Å². The zero-order chi connectivity index (χ0) is 40.5. The number of hydrogen-bond acceptors (Lipinski definition) is 11. The van der Waals surface area contributed by atoms with Crippen molar-refractivity contribution < 1.29 is 33.4 Å². The first kappa shape index (κ1) is 45.8. The van der Waals surface area contributed by atoms with E-state index in [1.807, 2.05) is 45.0 Å². The molecule has 7 atom stereocenters. The van der Waals surface area contributed by atoms with E-state index in [-0.39, 0.29) is 72.7 Å². The van der Waals surface area contributed by atoms with E-state index in [4.69, 9.17) is 24.9 Å². The molecular formula is C41H66N6O7S. The van der Waals surface area contributed by atoms with Gasteiger partial charge in [-0.25, -0.2) is 4.98 Å². The lowest BCUT2D eigenvalue weighted by atomic mass is 9.92. The summed E-state index contributed by atoms with van der Waals surface area (Å²) in [6.45, 7) is 15.3. The maximum absolute atomic E-state index is 14.6. The summed E-state index contributed by atoms with van der Waals surface area (Å²) in [7, 11) is 1.60. The molecule has 308 valence electrons. The predicted octanol–water partition coefficient (Wildman–Crippen LogP) is 5.64. The van der Waals surface area contributed by atoms with Gasteiger partial charge < -0.3 is 40.8 Å². The average molecular weight is 787 g/mol. The third kappa shape index (κ3) is 14.1. The number of esters is 1. The highest BCUT2D eigenvalue weighted by atomic mass is 32.1. The van der Waals surface area contributed by atoms with Crippen LogP contribution >= 0.6 is 11.3 Å². The van der Waals surface area contributed by atoms with Crippen molar-refractivity contribution in [2.45, 2.75) is 130 Å². The molecule has 14 heteroatoms. The summed E-state index contributed by atoms with van der Waals surface area (Å²) in [5.74, 6) is -1.56. The second kappa shape index (κ2) is 23.5. The quantitative estimate of drug-likeness (QED) is 0.0478. The lowest BCUT2D eigenvalue weighted by Gasteiger charge is -2.39. The fraction of sp³-hybridized carbons (Fsp3) is 0.683. The second-order valence-corrected chi connectivity index (χ2v) is 16.0. The first-order chi connectivity index (χ1) is 26.3. The first-order valence-corrected chi connectivity index (χ1v) is 20.9. The van der Waals surface area contributed by atoms with Gasteiger partial charge in [-0.3, -0.25) is 19.2 Å². The molecule has 0 aliphatic carbocycles. The van der Waals surface area contributed by atoms with Crippen molar-refractivity contribution in [3.8, 4) is 0 Å². The number of benzene rings is 1. The highest BCUT2D eigenvalue weighted by Crippen LogP contribution is 2.31. The summed E-state index contributed by atoms with van der Waals surface area (Å²) in [6, 6.07) is 5.69. The van der Waals surface area contributed by atoms with Crippen LogP contribution in [0.4, 0.5) is 5.69 Å². The minimum absolute atomic E-state index is 0.00154. The number of rotatable bonds is 23. The molecule has 2 aromatic rings. The number of amides is 3. The number of carbonyl (C=O) groups is 4. The smallest absolute Gasteiger partial charge is 0.308 e. The summed E-state index contributed by atoms with van der Waals surface area (Å²) in [6.07, 6.45) is 4.97. The van der Waals surface area contributed by atoms with Crippen molar-refractivity contribution in [3.63, 3.8) is 0 Å². The molecule has 0 bridgehead atoms. The van der Waals surface area contributed by atoms with E-state index in [0.29, 0.717) is 43.0 Å². The number of anilines is 1. The lowest BCUT2D eigenvalue weighted by molar-refractivity contribution is -0.149. The van der Waals surface area contributed by atoms with E-state index in [1.54, 1.807) is 31.2 Å². The molecule has 0 radical (unpaired) electrons. The highest BCUT2D eigenvalue weighted by molar-refractivity contribution is 7.09. The van der Waals surface area contributed by atoms with Crippen molar-refractivity contribution in [1.82, 2.24) is 25.8 Å². The number of nitrogens with zero attached hydrogens (tertiary/aromatic N) is 2. The van der Waals surface area contributed by atoms with Gasteiger partial charge in [0.1, 0.15) is 29.6 Å². The molecule has 3 amide bonds. The van der Waals surface area contributed by atoms with Crippen LogP contribution in [-0.2, 0) is 35.0 Å². The fourth-order valence-corrected chi connectivity index (χ4v) is 7.72. The number of carbonyl (C=O) groups excluding carboxylic acids is 4. The zero-order valence-electron chi connectivity index (χ0n) is 34.2. The Kier molecular flexibility index (Phi) is 19.5. The van der Waals surface area contributed by atoms with Gasteiger partial charge in [-0.1, -0.05) is 66.5 Å². The van der Waals surface area contributed by atoms with E-state index in [9.17, 15) is 19.2 Å². The van der Waals surface area contributed by atoms with E-state index in [0.717, 1.165) is 37.8 Å². The van der Waals surface area contributed by atoms with Crippen LogP contribution < -0.4 is 21.7 Å². The molecular weight excluding hydrogens is 721 g/mol. The Morgan fingerprint density at radius 2 is 1.76 bits per heavy atom. The van der Waals surface area contributed by atoms with Crippen LogP contribution in [0.1, 0.15) is 121 Å². The van der Waals surface area contributed by atoms with Crippen LogP contribution in [0.5, 0.6) is 0 Å². The van der Waals surface area contributed by atoms with Crippen LogP contribution in [0, 0.1) is 17.8 Å². The SMILES string of the molecule is CCCOCN(C(=O)[C@@H](NC(=O)[C@H]1CCCCN1)[C@@H](C)CC)[C@H](C[C@@H](OC)c1nc(C(=O)N[C@@H](Cc2ccc(N)cc2)CC(C)C(=O)OCC)cs1)C(C)C. The molecule has 0 saturated carbocycles. The van der Waals surface area contributed by atoms with Crippen molar-refractivity contribution in [2.75, 3.05) is 39.3 Å². The number of piperidine rings is 1. The summed E-state index contributed by atoms with van der Waals surface area (Å²) < 4.78 is 17.3. The molecule has 1 aliphatic rings. The number of thiazole rings is 1. The Hall–Kier alpha value is -3.59. The molecule has 5 N–H and O–H groups in total. The molecule has 1 aromatic carbocycles.